The van der Waals surface area contributed by atoms with E-state index in [0.717, 1.165) is 11.3 Å². The van der Waals surface area contributed by atoms with Gasteiger partial charge in [0, 0.05) is 18.8 Å². The molecule has 0 spiro atoms. The molecule has 0 aliphatic carbocycles. The summed E-state index contributed by atoms with van der Waals surface area (Å²) in [5.41, 5.74) is 1.78. The Morgan fingerprint density at radius 2 is 2.17 bits per heavy atom. The fraction of sp³-hybridized carbons (Fsp3) is 0.588. The van der Waals surface area contributed by atoms with E-state index in [1.807, 2.05) is 38.1 Å². The molecule has 136 valence electrons. The van der Waals surface area contributed by atoms with Crippen LogP contribution in [0.5, 0.6) is 0 Å². The molecule has 7 heteroatoms. The second-order valence-corrected chi connectivity index (χ2v) is 5.45. The van der Waals surface area contributed by atoms with Gasteiger partial charge in [0.2, 0.25) is 5.91 Å². The molecule has 0 radical (unpaired) electrons. The van der Waals surface area contributed by atoms with E-state index in [2.05, 4.69) is 10.6 Å². The molecule has 0 aromatic heterocycles. The van der Waals surface area contributed by atoms with Crippen LogP contribution in [0.2, 0.25) is 0 Å². The van der Waals surface area contributed by atoms with Crippen LogP contribution in [0, 0.1) is 0 Å². The van der Waals surface area contributed by atoms with Gasteiger partial charge in [0.15, 0.2) is 0 Å². The molecular formula is C17H27ClN2O4. The third-order valence-corrected chi connectivity index (χ3v) is 3.64. The van der Waals surface area contributed by atoms with Crippen molar-refractivity contribution in [2.24, 2.45) is 0 Å². The van der Waals surface area contributed by atoms with Gasteiger partial charge in [-0.2, -0.15) is 0 Å². The van der Waals surface area contributed by atoms with Gasteiger partial charge in [0.1, 0.15) is 6.04 Å². The highest BCUT2D eigenvalue weighted by Crippen LogP contribution is 2.13. The van der Waals surface area contributed by atoms with Gasteiger partial charge >= 0.3 is 0 Å². The number of benzene rings is 1. The minimum absolute atomic E-state index is 0. The Hall–Kier alpha value is -1.18. The first-order valence-electron chi connectivity index (χ1n) is 8.11. The molecule has 1 aromatic carbocycles. The molecule has 1 fully saturated rings. The normalized spacial score (nSPS) is 20.2. The van der Waals surface area contributed by atoms with Crippen LogP contribution in [0.1, 0.15) is 19.4 Å². The second-order valence-electron chi connectivity index (χ2n) is 5.45. The molecule has 2 rings (SSSR count). The van der Waals surface area contributed by atoms with Gasteiger partial charge in [0.25, 0.3) is 0 Å². The summed E-state index contributed by atoms with van der Waals surface area (Å²) in [5.74, 6) is -0.0772. The number of morpholine rings is 1. The highest BCUT2D eigenvalue weighted by molar-refractivity contribution is 5.95. The SMILES string of the molecule is CCOCCOCc1cccc(NC(=O)[C@H]2NCCO[C@@H]2C)c1.Cl. The topological polar surface area (TPSA) is 68.8 Å². The van der Waals surface area contributed by atoms with Crippen molar-refractivity contribution < 1.29 is 19.0 Å². The molecule has 6 nitrogen and oxygen atoms in total. The zero-order valence-electron chi connectivity index (χ0n) is 14.2. The fourth-order valence-electron chi connectivity index (χ4n) is 2.44. The molecule has 24 heavy (non-hydrogen) atoms. The number of hydrogen-bond acceptors (Lipinski definition) is 5. The molecule has 1 heterocycles. The second kappa shape index (κ2) is 11.4. The van der Waals surface area contributed by atoms with E-state index < -0.39 is 0 Å². The van der Waals surface area contributed by atoms with Crippen molar-refractivity contribution in [2.45, 2.75) is 32.6 Å². The van der Waals surface area contributed by atoms with Crippen molar-refractivity contribution in [1.29, 1.82) is 0 Å². The van der Waals surface area contributed by atoms with Crippen LogP contribution in [0.25, 0.3) is 0 Å². The van der Waals surface area contributed by atoms with Gasteiger partial charge in [-0.1, -0.05) is 12.1 Å². The number of carbonyl (C=O) groups excluding carboxylic acids is 1. The maximum atomic E-state index is 12.3. The average Bonchev–Trinajstić information content (AvgIpc) is 2.55. The summed E-state index contributed by atoms with van der Waals surface area (Å²) in [6, 6.07) is 7.35. The van der Waals surface area contributed by atoms with Crippen LogP contribution in [0.4, 0.5) is 5.69 Å². The largest absolute Gasteiger partial charge is 0.379 e. The van der Waals surface area contributed by atoms with Crippen molar-refractivity contribution in [2.75, 3.05) is 38.3 Å². The lowest BCUT2D eigenvalue weighted by atomic mass is 10.1. The number of ether oxygens (including phenoxy) is 3. The smallest absolute Gasteiger partial charge is 0.244 e. The lowest BCUT2D eigenvalue weighted by Gasteiger charge is -2.29. The number of hydrogen-bond donors (Lipinski definition) is 2. The Morgan fingerprint density at radius 3 is 2.92 bits per heavy atom. The monoisotopic (exact) mass is 358 g/mol. The summed E-state index contributed by atoms with van der Waals surface area (Å²) in [6.45, 7) is 7.54. The third-order valence-electron chi connectivity index (χ3n) is 3.64. The maximum Gasteiger partial charge on any atom is 0.244 e. The average molecular weight is 359 g/mol. The van der Waals surface area contributed by atoms with E-state index in [0.29, 0.717) is 39.6 Å². The summed E-state index contributed by atoms with van der Waals surface area (Å²) in [7, 11) is 0. The lowest BCUT2D eigenvalue weighted by molar-refractivity contribution is -0.123. The van der Waals surface area contributed by atoms with Gasteiger partial charge in [-0.15, -0.1) is 12.4 Å². The quantitative estimate of drug-likeness (QED) is 0.695. The van der Waals surface area contributed by atoms with Crippen molar-refractivity contribution in [3.05, 3.63) is 29.8 Å². The first-order chi connectivity index (χ1) is 11.2. The maximum absolute atomic E-state index is 12.3. The molecule has 2 N–H and O–H groups in total. The van der Waals surface area contributed by atoms with Crippen LogP contribution in [-0.4, -0.2) is 51.0 Å². The number of nitrogens with one attached hydrogen (secondary N) is 2. The van der Waals surface area contributed by atoms with E-state index in [4.69, 9.17) is 14.2 Å². The number of rotatable bonds is 8. The van der Waals surface area contributed by atoms with Gasteiger partial charge in [-0.25, -0.2) is 0 Å². The third kappa shape index (κ3) is 6.75. The zero-order valence-corrected chi connectivity index (χ0v) is 15.1. The van der Waals surface area contributed by atoms with Crippen LogP contribution in [-0.2, 0) is 25.6 Å². The van der Waals surface area contributed by atoms with Crippen molar-refractivity contribution in [3.63, 3.8) is 0 Å². The predicted octanol–water partition coefficient (Wildman–Crippen LogP) is 1.98. The summed E-state index contributed by atoms with van der Waals surface area (Å²) >= 11 is 0. The van der Waals surface area contributed by atoms with E-state index in [1.165, 1.54) is 0 Å². The molecule has 1 amide bonds. The number of halogens is 1. The first kappa shape index (κ1) is 20.9. The van der Waals surface area contributed by atoms with Gasteiger partial charge in [0.05, 0.1) is 32.5 Å². The Morgan fingerprint density at radius 1 is 1.38 bits per heavy atom. The zero-order chi connectivity index (χ0) is 16.5. The highest BCUT2D eigenvalue weighted by Gasteiger charge is 2.28. The minimum Gasteiger partial charge on any atom is -0.379 e. The molecule has 0 bridgehead atoms. The highest BCUT2D eigenvalue weighted by atomic mass is 35.5. The number of anilines is 1. The molecule has 0 unspecified atom stereocenters. The molecule has 0 saturated carbocycles. The summed E-state index contributed by atoms with van der Waals surface area (Å²) in [5, 5.41) is 6.11. The molecule has 1 aliphatic heterocycles. The molecule has 2 atom stereocenters. The Bertz CT molecular complexity index is 501. The van der Waals surface area contributed by atoms with Gasteiger partial charge in [-0.05, 0) is 31.5 Å². The van der Waals surface area contributed by atoms with Crippen molar-refractivity contribution >= 4 is 24.0 Å². The number of carbonyl (C=O) groups is 1. The molecule has 1 saturated heterocycles. The standard InChI is InChI=1S/C17H26N2O4.ClH/c1-3-21-9-10-22-12-14-5-4-6-15(11-14)19-17(20)16-13(2)23-8-7-18-16;/h4-6,11,13,16,18H,3,7-10,12H2,1-2H3,(H,19,20);1H/t13-,16+;/m1./s1. The first-order valence-corrected chi connectivity index (χ1v) is 8.11. The minimum atomic E-state index is -0.324. The van der Waals surface area contributed by atoms with Crippen LogP contribution >= 0.6 is 12.4 Å². The van der Waals surface area contributed by atoms with Crippen molar-refractivity contribution in [1.82, 2.24) is 5.32 Å². The molecular weight excluding hydrogens is 332 g/mol. The Balaban J connectivity index is 0.00000288. The van der Waals surface area contributed by atoms with Crippen molar-refractivity contribution in [3.8, 4) is 0 Å². The van der Waals surface area contributed by atoms with E-state index in [-0.39, 0.29) is 30.5 Å². The lowest BCUT2D eigenvalue weighted by Crippen LogP contribution is -2.53. The Kier molecular flexibility index (Phi) is 9.90. The van der Waals surface area contributed by atoms with E-state index in [1.54, 1.807) is 0 Å². The van der Waals surface area contributed by atoms with Crippen LogP contribution < -0.4 is 10.6 Å². The van der Waals surface area contributed by atoms with E-state index in [9.17, 15) is 4.79 Å². The van der Waals surface area contributed by atoms with Gasteiger partial charge < -0.3 is 24.8 Å². The molecule has 1 aliphatic rings. The predicted molar refractivity (Wildman–Crippen MR) is 95.7 cm³/mol. The summed E-state index contributed by atoms with van der Waals surface area (Å²) in [4.78, 5) is 12.3. The van der Waals surface area contributed by atoms with Gasteiger partial charge in [-0.3, -0.25) is 4.79 Å². The molecule has 1 aromatic rings. The van der Waals surface area contributed by atoms with E-state index >= 15 is 0 Å². The fourth-order valence-corrected chi connectivity index (χ4v) is 2.44. The summed E-state index contributed by atoms with van der Waals surface area (Å²) < 4.78 is 16.3. The summed E-state index contributed by atoms with van der Waals surface area (Å²) in [6.07, 6.45) is -0.131. The van der Waals surface area contributed by atoms with Crippen LogP contribution in [0.15, 0.2) is 24.3 Å². The van der Waals surface area contributed by atoms with Crippen LogP contribution in [0.3, 0.4) is 0 Å². The number of amides is 1. The Labute approximate surface area is 149 Å².